The molecule has 1 fully saturated rings. The van der Waals surface area contributed by atoms with Crippen molar-refractivity contribution in [2.75, 3.05) is 33.4 Å². The summed E-state index contributed by atoms with van der Waals surface area (Å²) in [6.07, 6.45) is 1.09. The van der Waals surface area contributed by atoms with E-state index in [1.165, 1.54) is 37.0 Å². The third-order valence-electron chi connectivity index (χ3n) is 6.16. The van der Waals surface area contributed by atoms with E-state index in [2.05, 4.69) is 16.9 Å². The molecule has 0 aromatic heterocycles. The number of methoxy groups -OCH3 is 1. The van der Waals surface area contributed by atoms with Crippen molar-refractivity contribution in [2.24, 2.45) is 0 Å². The van der Waals surface area contributed by atoms with E-state index in [0.29, 0.717) is 6.54 Å². The third-order valence-corrected chi connectivity index (χ3v) is 6.16. The van der Waals surface area contributed by atoms with Crippen LogP contribution in [0.15, 0.2) is 48.5 Å². The molecule has 33 heavy (non-hydrogen) atoms. The molecule has 2 aromatic rings. The monoisotopic (exact) mass is 539 g/mol. The van der Waals surface area contributed by atoms with E-state index in [4.69, 9.17) is 4.74 Å². The van der Waals surface area contributed by atoms with E-state index in [1.807, 2.05) is 18.2 Å². The molecule has 1 heterocycles. The molecule has 0 amide bonds. The number of alkyl halides is 3. The fraction of sp³-hybridized carbons (Fsp3) is 0.480. The number of nitrogens with zero attached hydrogens (tertiary/aromatic N) is 1. The zero-order valence-electron chi connectivity index (χ0n) is 19.1. The summed E-state index contributed by atoms with van der Waals surface area (Å²) in [5.41, 5.74) is 0.0475. The molecule has 0 atom stereocenters. The van der Waals surface area contributed by atoms with Gasteiger partial charge in [0.15, 0.2) is 0 Å². The largest absolute Gasteiger partial charge is 0.486 e. The Morgan fingerprint density at radius 1 is 0.939 bits per heavy atom. The number of quaternary nitrogens is 1. The van der Waals surface area contributed by atoms with Gasteiger partial charge >= 0.3 is 12.1 Å². The summed E-state index contributed by atoms with van der Waals surface area (Å²) in [6, 6.07) is 13.6. The van der Waals surface area contributed by atoms with Crippen molar-refractivity contribution in [2.45, 2.75) is 44.8 Å². The van der Waals surface area contributed by atoms with Gasteiger partial charge in [0.2, 0.25) is 0 Å². The van der Waals surface area contributed by atoms with Crippen molar-refractivity contribution in [3.8, 4) is 5.75 Å². The number of hydrogen-bond donors (Lipinski definition) is 0. The number of halogens is 3. The number of likely N-dealkylation sites (tertiary alicyclic amines) is 1. The standard InChI is InChI=1S/C25H31F3NO3.Y/c1-31-24(30)21-13-10-14-22(25(26,27)28)23(21)32-18-17-29(15-8-3-2-4-9-16-29)19-20-11-6-5-7-12-20;/h5-7,10-14H,2-4,8-9,15-19H2,1H3;/q+1;. The summed E-state index contributed by atoms with van der Waals surface area (Å²) in [4.78, 5) is 12.1. The van der Waals surface area contributed by atoms with Gasteiger partial charge in [-0.2, -0.15) is 13.2 Å². The fourth-order valence-electron chi connectivity index (χ4n) is 4.50. The topological polar surface area (TPSA) is 35.5 Å². The molecule has 1 aliphatic heterocycles. The molecular weight excluding hydrogens is 508 g/mol. The molecule has 0 spiro atoms. The van der Waals surface area contributed by atoms with E-state index in [0.717, 1.165) is 50.1 Å². The van der Waals surface area contributed by atoms with Crippen LogP contribution < -0.4 is 4.74 Å². The van der Waals surface area contributed by atoms with Crippen LogP contribution in [0.25, 0.3) is 0 Å². The quantitative estimate of drug-likeness (QED) is 0.327. The van der Waals surface area contributed by atoms with E-state index >= 15 is 0 Å². The second kappa shape index (κ2) is 12.9. The van der Waals surface area contributed by atoms with Crippen molar-refractivity contribution in [3.63, 3.8) is 0 Å². The maximum absolute atomic E-state index is 13.6. The first-order valence-corrected chi connectivity index (χ1v) is 11.1. The predicted octanol–water partition coefficient (Wildman–Crippen LogP) is 5.85. The van der Waals surface area contributed by atoms with Gasteiger partial charge in [0, 0.05) is 38.3 Å². The number of para-hydroxylation sites is 1. The van der Waals surface area contributed by atoms with E-state index < -0.39 is 23.5 Å². The fourth-order valence-corrected chi connectivity index (χ4v) is 4.50. The summed E-state index contributed by atoms with van der Waals surface area (Å²) < 4.78 is 52.0. The third kappa shape index (κ3) is 7.79. The van der Waals surface area contributed by atoms with Crippen molar-refractivity contribution in [1.82, 2.24) is 0 Å². The Kier molecular flexibility index (Phi) is 10.8. The van der Waals surface area contributed by atoms with Gasteiger partial charge in [0.05, 0.1) is 25.8 Å². The maximum atomic E-state index is 13.6. The molecule has 2 aromatic carbocycles. The Balaban J connectivity index is 0.00000385. The Morgan fingerprint density at radius 3 is 2.18 bits per heavy atom. The molecule has 0 bridgehead atoms. The SMILES string of the molecule is COC(=O)c1cccc(C(F)(F)F)c1OCC[N+]1(Cc2ccccc2)CCCCCCC1.[Y]. The number of rotatable bonds is 7. The zero-order valence-corrected chi connectivity index (χ0v) is 21.9. The van der Waals surface area contributed by atoms with Crippen molar-refractivity contribution < 1.29 is 64.6 Å². The summed E-state index contributed by atoms with van der Waals surface area (Å²) in [6.45, 7) is 3.40. The predicted molar refractivity (Wildman–Crippen MR) is 116 cm³/mol. The number of benzene rings is 2. The van der Waals surface area contributed by atoms with Crippen LogP contribution in [0.1, 0.15) is 53.6 Å². The van der Waals surface area contributed by atoms with E-state index in [9.17, 15) is 18.0 Å². The second-order valence-electron chi connectivity index (χ2n) is 8.44. The Bertz CT molecular complexity index is 882. The van der Waals surface area contributed by atoms with Crippen LogP contribution in [0, 0.1) is 0 Å². The van der Waals surface area contributed by atoms with Crippen LogP contribution in [-0.4, -0.2) is 43.8 Å². The zero-order chi connectivity index (χ0) is 23.0. The van der Waals surface area contributed by atoms with Gasteiger partial charge in [-0.15, -0.1) is 0 Å². The van der Waals surface area contributed by atoms with Crippen LogP contribution in [0.4, 0.5) is 13.2 Å². The van der Waals surface area contributed by atoms with Gasteiger partial charge < -0.3 is 14.0 Å². The van der Waals surface area contributed by atoms with Gasteiger partial charge in [-0.1, -0.05) is 42.8 Å². The van der Waals surface area contributed by atoms with Gasteiger partial charge in [-0.3, -0.25) is 0 Å². The van der Waals surface area contributed by atoms with E-state index in [1.54, 1.807) is 0 Å². The van der Waals surface area contributed by atoms with Crippen LogP contribution in [-0.2, 0) is 50.2 Å². The molecule has 4 nitrogen and oxygen atoms in total. The van der Waals surface area contributed by atoms with Crippen molar-refractivity contribution >= 4 is 5.97 Å². The molecule has 0 N–H and O–H groups in total. The maximum Gasteiger partial charge on any atom is 0.419 e. The summed E-state index contributed by atoms with van der Waals surface area (Å²) >= 11 is 0. The number of ether oxygens (including phenoxy) is 2. The minimum absolute atomic E-state index is 0. The van der Waals surface area contributed by atoms with Crippen molar-refractivity contribution in [3.05, 3.63) is 65.2 Å². The number of hydrogen-bond acceptors (Lipinski definition) is 3. The van der Waals surface area contributed by atoms with Crippen LogP contribution in [0.5, 0.6) is 5.75 Å². The molecule has 1 saturated heterocycles. The molecule has 1 radical (unpaired) electrons. The minimum Gasteiger partial charge on any atom is -0.486 e. The second-order valence-corrected chi connectivity index (χ2v) is 8.44. The molecule has 1 aliphatic rings. The average Bonchev–Trinajstić information content (AvgIpc) is 2.76. The van der Waals surface area contributed by atoms with Crippen LogP contribution in [0.3, 0.4) is 0 Å². The number of esters is 1. The van der Waals surface area contributed by atoms with Crippen molar-refractivity contribution in [1.29, 1.82) is 0 Å². The molecule has 0 aliphatic carbocycles. The number of carbonyl (C=O) groups excluding carboxylic acids is 1. The molecule has 0 saturated carbocycles. The number of carbonyl (C=O) groups is 1. The van der Waals surface area contributed by atoms with E-state index in [-0.39, 0.29) is 44.9 Å². The summed E-state index contributed by atoms with van der Waals surface area (Å²) in [7, 11) is 1.15. The molecular formula is C25H31F3NO3Y+. The minimum atomic E-state index is -4.63. The van der Waals surface area contributed by atoms with Gasteiger partial charge in [-0.25, -0.2) is 4.79 Å². The molecule has 0 unspecified atom stereocenters. The van der Waals surface area contributed by atoms with Crippen LogP contribution >= 0.6 is 0 Å². The first-order valence-electron chi connectivity index (χ1n) is 11.1. The first-order chi connectivity index (χ1) is 15.3. The van der Waals surface area contributed by atoms with Gasteiger partial charge in [-0.05, 0) is 37.8 Å². The normalized spacial score (nSPS) is 16.1. The average molecular weight is 539 g/mol. The van der Waals surface area contributed by atoms with Gasteiger partial charge in [0.25, 0.3) is 0 Å². The van der Waals surface area contributed by atoms with Gasteiger partial charge in [0.1, 0.15) is 31.0 Å². The summed E-state index contributed by atoms with van der Waals surface area (Å²) in [5.74, 6) is -1.29. The Hall–Kier alpha value is -1.44. The van der Waals surface area contributed by atoms with Crippen LogP contribution in [0.2, 0.25) is 0 Å². The Labute approximate surface area is 218 Å². The Morgan fingerprint density at radius 2 is 1.58 bits per heavy atom. The first kappa shape index (κ1) is 27.8. The smallest absolute Gasteiger partial charge is 0.419 e. The molecule has 8 heteroatoms. The summed E-state index contributed by atoms with van der Waals surface area (Å²) in [5, 5.41) is 0. The molecule has 177 valence electrons. The molecule has 3 rings (SSSR count).